The van der Waals surface area contributed by atoms with E-state index in [9.17, 15) is 0 Å². The Morgan fingerprint density at radius 2 is 2.40 bits per heavy atom. The van der Waals surface area contributed by atoms with Crippen LogP contribution in [0.25, 0.3) is 0 Å². The highest BCUT2D eigenvalue weighted by Crippen LogP contribution is 2.24. The highest BCUT2D eigenvalue weighted by Gasteiger charge is 2.34. The van der Waals surface area contributed by atoms with Crippen LogP contribution in [0.15, 0.2) is 12.0 Å². The van der Waals surface area contributed by atoms with E-state index in [0.29, 0.717) is 0 Å². The molecule has 0 aromatic heterocycles. The van der Waals surface area contributed by atoms with Crippen molar-refractivity contribution in [3.05, 3.63) is 12.0 Å². The van der Waals surface area contributed by atoms with Gasteiger partial charge in [0.2, 0.25) is 0 Å². The molecule has 58 valence electrons. The molecule has 0 radical (unpaired) electrons. The predicted octanol–water partition coefficient (Wildman–Crippen LogP) is 0.642. The molecule has 0 saturated heterocycles. The Morgan fingerprint density at radius 3 is 2.70 bits per heavy atom. The van der Waals surface area contributed by atoms with E-state index in [0.717, 1.165) is 0 Å². The van der Waals surface area contributed by atoms with Crippen LogP contribution < -0.4 is 0 Å². The van der Waals surface area contributed by atoms with Gasteiger partial charge in [0.15, 0.2) is 0 Å². The maximum atomic E-state index is 8.23. The Balaban J connectivity index is 2.61. The molecular weight excluding hydrogens is 140 g/mol. The second-order valence-corrected chi connectivity index (χ2v) is 1.94. The molecule has 5 heteroatoms. The van der Waals surface area contributed by atoms with Gasteiger partial charge >= 0.3 is 5.95 Å². The van der Waals surface area contributed by atoms with Crippen molar-refractivity contribution in [3.63, 3.8) is 0 Å². The van der Waals surface area contributed by atoms with Crippen molar-refractivity contribution in [2.24, 2.45) is 0 Å². The smallest absolute Gasteiger partial charge is 0.318 e. The summed E-state index contributed by atoms with van der Waals surface area (Å²) >= 11 is 0. The van der Waals surface area contributed by atoms with Crippen molar-refractivity contribution in [2.75, 3.05) is 7.11 Å². The molecule has 1 rings (SSSR count). The molecule has 0 saturated carbocycles. The second kappa shape index (κ2) is 2.45. The predicted molar refractivity (Wildman–Crippen MR) is 29.4 cm³/mol. The van der Waals surface area contributed by atoms with Crippen LogP contribution in [0.1, 0.15) is 6.92 Å². The fourth-order valence-corrected chi connectivity index (χ4v) is 0.521. The molecule has 0 fully saturated rings. The quantitative estimate of drug-likeness (QED) is 0.460. The summed E-state index contributed by atoms with van der Waals surface area (Å²) in [5.41, 5.74) is 0. The first-order valence-electron chi connectivity index (χ1n) is 2.65. The average molecular weight is 148 g/mol. The lowest BCUT2D eigenvalue weighted by Gasteiger charge is -2.11. The van der Waals surface area contributed by atoms with Crippen molar-refractivity contribution in [1.82, 2.24) is 0 Å². The standard InChI is InChI=1S/C5H8O5/c1-5(9-6)3-4(7-2)8-10-5/h3,6H,1-2H3. The number of hydrogen-bond acceptors (Lipinski definition) is 5. The molecule has 0 amide bonds. The van der Waals surface area contributed by atoms with Gasteiger partial charge in [-0.3, -0.25) is 4.89 Å². The molecule has 0 aromatic carbocycles. The maximum Gasteiger partial charge on any atom is 0.318 e. The van der Waals surface area contributed by atoms with Gasteiger partial charge in [-0.25, -0.2) is 5.26 Å². The van der Waals surface area contributed by atoms with Crippen molar-refractivity contribution < 1.29 is 24.7 Å². The zero-order valence-corrected chi connectivity index (χ0v) is 5.66. The first kappa shape index (κ1) is 7.33. The van der Waals surface area contributed by atoms with Gasteiger partial charge in [-0.05, 0) is 0 Å². The van der Waals surface area contributed by atoms with Crippen molar-refractivity contribution in [2.45, 2.75) is 12.7 Å². The van der Waals surface area contributed by atoms with Gasteiger partial charge in [0.05, 0.1) is 13.2 Å². The zero-order chi connectivity index (χ0) is 7.61. The summed E-state index contributed by atoms with van der Waals surface area (Å²) in [4.78, 5) is 12.9. The average Bonchev–Trinajstić information content (AvgIpc) is 2.33. The molecule has 1 atom stereocenters. The fourth-order valence-electron chi connectivity index (χ4n) is 0.521. The maximum absolute atomic E-state index is 8.23. The molecule has 0 aromatic rings. The molecule has 10 heavy (non-hydrogen) atoms. The SMILES string of the molecule is COC1=CC(C)(OO)OO1. The molecule has 0 bridgehead atoms. The van der Waals surface area contributed by atoms with E-state index in [-0.39, 0.29) is 5.95 Å². The monoisotopic (exact) mass is 148 g/mol. The number of methoxy groups -OCH3 is 1. The Kier molecular flexibility index (Phi) is 1.80. The third-order valence-electron chi connectivity index (χ3n) is 1.05. The van der Waals surface area contributed by atoms with Crippen molar-refractivity contribution >= 4 is 0 Å². The number of rotatable bonds is 2. The van der Waals surface area contributed by atoms with Gasteiger partial charge < -0.3 is 4.74 Å². The molecule has 1 unspecified atom stereocenters. The third kappa shape index (κ3) is 1.21. The second-order valence-electron chi connectivity index (χ2n) is 1.94. The van der Waals surface area contributed by atoms with E-state index >= 15 is 0 Å². The van der Waals surface area contributed by atoms with E-state index in [1.807, 2.05) is 0 Å². The summed E-state index contributed by atoms with van der Waals surface area (Å²) in [6.45, 7) is 1.47. The highest BCUT2D eigenvalue weighted by atomic mass is 17.3. The topological polar surface area (TPSA) is 57.2 Å². The molecule has 5 nitrogen and oxygen atoms in total. The summed E-state index contributed by atoms with van der Waals surface area (Å²) < 4.78 is 4.63. The summed E-state index contributed by atoms with van der Waals surface area (Å²) in [5.74, 6) is -1.08. The summed E-state index contributed by atoms with van der Waals surface area (Å²) in [5, 5.41) is 8.23. The Hall–Kier alpha value is -0.780. The Bertz CT molecular complexity index is 154. The van der Waals surface area contributed by atoms with Crippen LogP contribution in [0.3, 0.4) is 0 Å². The lowest BCUT2D eigenvalue weighted by Crippen LogP contribution is -2.23. The van der Waals surface area contributed by atoms with E-state index in [1.165, 1.54) is 20.1 Å². The van der Waals surface area contributed by atoms with Gasteiger partial charge in [-0.2, -0.15) is 4.89 Å². The van der Waals surface area contributed by atoms with Crippen molar-refractivity contribution in [3.8, 4) is 0 Å². The third-order valence-corrected chi connectivity index (χ3v) is 1.05. The molecule has 1 aliphatic rings. The van der Waals surface area contributed by atoms with E-state index in [4.69, 9.17) is 5.26 Å². The summed E-state index contributed by atoms with van der Waals surface area (Å²) in [6.07, 6.45) is 1.35. The Labute approximate surface area is 57.6 Å². The van der Waals surface area contributed by atoms with E-state index < -0.39 is 5.79 Å². The van der Waals surface area contributed by atoms with Crippen molar-refractivity contribution in [1.29, 1.82) is 0 Å². The van der Waals surface area contributed by atoms with Gasteiger partial charge in [0.1, 0.15) is 0 Å². The molecular formula is C5H8O5. The van der Waals surface area contributed by atoms with Gasteiger partial charge in [-0.15, -0.1) is 4.89 Å². The lowest BCUT2D eigenvalue weighted by molar-refractivity contribution is -0.455. The summed E-state index contributed by atoms with van der Waals surface area (Å²) in [7, 11) is 1.41. The fraction of sp³-hybridized carbons (Fsp3) is 0.600. The lowest BCUT2D eigenvalue weighted by atomic mass is 10.3. The number of hydrogen-bond donors (Lipinski definition) is 1. The van der Waals surface area contributed by atoms with Crippen LogP contribution in [-0.4, -0.2) is 18.2 Å². The highest BCUT2D eigenvalue weighted by molar-refractivity contribution is 4.97. The van der Waals surface area contributed by atoms with E-state index in [1.54, 1.807) is 0 Å². The first-order chi connectivity index (χ1) is 4.70. The van der Waals surface area contributed by atoms with Crippen LogP contribution >= 0.6 is 0 Å². The molecule has 1 heterocycles. The normalized spacial score (nSPS) is 31.3. The minimum Gasteiger partial charge on any atom is -0.467 e. The molecule has 0 spiro atoms. The molecule has 0 aliphatic carbocycles. The van der Waals surface area contributed by atoms with Crippen LogP contribution in [0.5, 0.6) is 0 Å². The Morgan fingerprint density at radius 1 is 1.70 bits per heavy atom. The minimum absolute atomic E-state index is 0.163. The van der Waals surface area contributed by atoms with Crippen LogP contribution in [-0.2, 0) is 19.4 Å². The van der Waals surface area contributed by atoms with Gasteiger partial charge in [0.25, 0.3) is 5.79 Å². The first-order valence-corrected chi connectivity index (χ1v) is 2.65. The largest absolute Gasteiger partial charge is 0.467 e. The van der Waals surface area contributed by atoms with Crippen LogP contribution in [0, 0.1) is 0 Å². The summed E-state index contributed by atoms with van der Waals surface area (Å²) in [6, 6.07) is 0. The van der Waals surface area contributed by atoms with Gasteiger partial charge in [-0.1, -0.05) is 0 Å². The molecule has 1 aliphatic heterocycles. The minimum atomic E-state index is -1.24. The van der Waals surface area contributed by atoms with Gasteiger partial charge in [0, 0.05) is 6.92 Å². The zero-order valence-electron chi connectivity index (χ0n) is 5.66. The molecule has 1 N–H and O–H groups in total. The van der Waals surface area contributed by atoms with E-state index in [2.05, 4.69) is 19.4 Å². The van der Waals surface area contributed by atoms with Crippen LogP contribution in [0.2, 0.25) is 0 Å². The van der Waals surface area contributed by atoms with Crippen LogP contribution in [0.4, 0.5) is 0 Å². The number of ether oxygens (including phenoxy) is 1.